The van der Waals surface area contributed by atoms with Crippen LogP contribution in [0.25, 0.3) is 10.9 Å². The summed E-state index contributed by atoms with van der Waals surface area (Å²) in [6.45, 7) is 3.56. The van der Waals surface area contributed by atoms with Gasteiger partial charge in [0, 0.05) is 30.0 Å². The zero-order valence-corrected chi connectivity index (χ0v) is 17.0. The Labute approximate surface area is 169 Å². The summed E-state index contributed by atoms with van der Waals surface area (Å²) in [7, 11) is -3.61. The maximum absolute atomic E-state index is 12.8. The number of carbonyl (C=O) groups is 1. The number of hydrogen-bond acceptors (Lipinski definition) is 4. The Morgan fingerprint density at radius 2 is 1.83 bits per heavy atom. The van der Waals surface area contributed by atoms with Crippen molar-refractivity contribution in [1.82, 2.24) is 8.87 Å². The molecule has 1 aliphatic rings. The Kier molecular flexibility index (Phi) is 5.40. The van der Waals surface area contributed by atoms with Crippen molar-refractivity contribution in [3.05, 3.63) is 60.3 Å². The molecule has 0 bridgehead atoms. The highest BCUT2D eigenvalue weighted by Crippen LogP contribution is 2.22. The van der Waals surface area contributed by atoms with E-state index in [1.807, 2.05) is 41.8 Å². The van der Waals surface area contributed by atoms with Crippen molar-refractivity contribution in [3.8, 4) is 0 Å². The van der Waals surface area contributed by atoms with E-state index in [0.29, 0.717) is 32.0 Å². The summed E-state index contributed by atoms with van der Waals surface area (Å²) in [4.78, 5) is 12.8. The van der Waals surface area contributed by atoms with Crippen LogP contribution in [0.3, 0.4) is 0 Å². The smallest absolute Gasteiger partial charge is 0.244 e. The number of nitrogens with zero attached hydrogens (tertiary/aromatic N) is 2. The first-order valence-corrected chi connectivity index (χ1v) is 10.9. The van der Waals surface area contributed by atoms with Crippen molar-refractivity contribution in [2.75, 3.05) is 31.6 Å². The van der Waals surface area contributed by atoms with Gasteiger partial charge in [-0.15, -0.1) is 0 Å². The van der Waals surface area contributed by atoms with E-state index in [9.17, 15) is 13.2 Å². The van der Waals surface area contributed by atoms with Gasteiger partial charge in [0.25, 0.3) is 0 Å². The lowest BCUT2D eigenvalue weighted by Gasteiger charge is -2.26. The number of rotatable bonds is 5. The number of anilines is 1. The number of morpholine rings is 1. The molecule has 29 heavy (non-hydrogen) atoms. The number of para-hydroxylation sites is 1. The molecule has 2 aromatic carbocycles. The van der Waals surface area contributed by atoms with E-state index in [1.54, 1.807) is 18.2 Å². The zero-order chi connectivity index (χ0) is 20.4. The first-order chi connectivity index (χ1) is 13.9. The summed E-state index contributed by atoms with van der Waals surface area (Å²) in [5.74, 6) is -0.213. The molecular weight excluding hydrogens is 390 g/mol. The maximum atomic E-state index is 12.8. The van der Waals surface area contributed by atoms with Crippen LogP contribution in [0, 0.1) is 6.92 Å². The molecule has 0 spiro atoms. The lowest BCUT2D eigenvalue weighted by atomic mass is 10.2. The quantitative estimate of drug-likeness (QED) is 0.697. The Morgan fingerprint density at radius 3 is 2.62 bits per heavy atom. The molecule has 1 aliphatic heterocycles. The van der Waals surface area contributed by atoms with Gasteiger partial charge in [-0.1, -0.05) is 24.3 Å². The van der Waals surface area contributed by atoms with Crippen LogP contribution in [0.4, 0.5) is 5.69 Å². The molecule has 0 atom stereocenters. The van der Waals surface area contributed by atoms with E-state index in [0.717, 1.165) is 16.6 Å². The number of ether oxygens (including phenoxy) is 1. The fourth-order valence-electron chi connectivity index (χ4n) is 3.57. The standard InChI is InChI=1S/C21H23N3O4S/c1-16-13-17-5-2-3-8-20(17)24(16)15-21(25)22-18-6-4-7-19(14-18)29(26,27)23-9-11-28-12-10-23/h2-8,13-14H,9-12,15H2,1H3,(H,22,25). The van der Waals surface area contributed by atoms with Crippen LogP contribution in [0.2, 0.25) is 0 Å². The van der Waals surface area contributed by atoms with Crippen LogP contribution >= 0.6 is 0 Å². The van der Waals surface area contributed by atoms with E-state index in [2.05, 4.69) is 5.32 Å². The number of amides is 1. The van der Waals surface area contributed by atoms with Gasteiger partial charge in [0.15, 0.2) is 0 Å². The van der Waals surface area contributed by atoms with Gasteiger partial charge in [-0.05, 0) is 42.6 Å². The number of sulfonamides is 1. The Morgan fingerprint density at radius 1 is 1.07 bits per heavy atom. The summed E-state index contributed by atoms with van der Waals surface area (Å²) in [5, 5.41) is 3.90. The molecule has 4 rings (SSSR count). The fraction of sp³-hybridized carbons (Fsp3) is 0.286. The minimum atomic E-state index is -3.61. The third kappa shape index (κ3) is 4.05. The third-order valence-electron chi connectivity index (χ3n) is 5.05. The number of aromatic nitrogens is 1. The number of hydrogen-bond donors (Lipinski definition) is 1. The van der Waals surface area contributed by atoms with Crippen molar-refractivity contribution in [3.63, 3.8) is 0 Å². The monoisotopic (exact) mass is 413 g/mol. The second kappa shape index (κ2) is 7.98. The number of nitrogens with one attached hydrogen (secondary N) is 1. The van der Waals surface area contributed by atoms with Crippen molar-refractivity contribution < 1.29 is 17.9 Å². The van der Waals surface area contributed by atoms with Gasteiger partial charge in [-0.3, -0.25) is 4.79 Å². The molecule has 0 radical (unpaired) electrons. The third-order valence-corrected chi connectivity index (χ3v) is 6.94. The second-order valence-electron chi connectivity index (χ2n) is 7.02. The van der Waals surface area contributed by atoms with Gasteiger partial charge in [-0.25, -0.2) is 8.42 Å². The van der Waals surface area contributed by atoms with Crippen LogP contribution in [0.1, 0.15) is 5.69 Å². The minimum Gasteiger partial charge on any atom is -0.379 e. The van der Waals surface area contributed by atoms with E-state index >= 15 is 0 Å². The molecule has 3 aromatic rings. The average Bonchev–Trinajstić information content (AvgIpc) is 3.04. The summed E-state index contributed by atoms with van der Waals surface area (Å²) < 4.78 is 34.2. The first-order valence-electron chi connectivity index (χ1n) is 9.48. The van der Waals surface area contributed by atoms with E-state index < -0.39 is 10.0 Å². The van der Waals surface area contributed by atoms with Crippen LogP contribution < -0.4 is 5.32 Å². The van der Waals surface area contributed by atoms with Crippen molar-refractivity contribution >= 4 is 32.5 Å². The molecule has 1 fully saturated rings. The van der Waals surface area contributed by atoms with Crippen LogP contribution in [-0.2, 0) is 26.1 Å². The molecule has 1 amide bonds. The Bertz CT molecular complexity index is 1150. The van der Waals surface area contributed by atoms with Crippen molar-refractivity contribution in [2.45, 2.75) is 18.4 Å². The normalized spacial score (nSPS) is 15.5. The van der Waals surface area contributed by atoms with Gasteiger partial charge in [0.2, 0.25) is 15.9 Å². The van der Waals surface area contributed by atoms with Crippen molar-refractivity contribution in [1.29, 1.82) is 0 Å². The highest BCUT2D eigenvalue weighted by Gasteiger charge is 2.26. The maximum Gasteiger partial charge on any atom is 0.244 e. The Hall–Kier alpha value is -2.68. The second-order valence-corrected chi connectivity index (χ2v) is 8.96. The molecule has 0 unspecified atom stereocenters. The number of benzene rings is 2. The van der Waals surface area contributed by atoms with Gasteiger partial charge in [0.05, 0.1) is 18.1 Å². The van der Waals surface area contributed by atoms with Crippen LogP contribution in [0.15, 0.2) is 59.5 Å². The summed E-state index contributed by atoms with van der Waals surface area (Å²) in [5.41, 5.74) is 2.44. The molecular formula is C21H23N3O4S. The minimum absolute atomic E-state index is 0.153. The molecule has 152 valence electrons. The lowest BCUT2D eigenvalue weighted by molar-refractivity contribution is -0.116. The van der Waals surface area contributed by atoms with E-state index in [1.165, 1.54) is 10.4 Å². The number of aryl methyl sites for hydroxylation is 1. The van der Waals surface area contributed by atoms with Gasteiger partial charge >= 0.3 is 0 Å². The largest absolute Gasteiger partial charge is 0.379 e. The highest BCUT2D eigenvalue weighted by molar-refractivity contribution is 7.89. The molecule has 1 saturated heterocycles. The predicted octanol–water partition coefficient (Wildman–Crippen LogP) is 2.61. The average molecular weight is 413 g/mol. The summed E-state index contributed by atoms with van der Waals surface area (Å²) in [6, 6.07) is 16.3. The molecule has 8 heteroatoms. The molecule has 1 N–H and O–H groups in total. The molecule has 2 heterocycles. The summed E-state index contributed by atoms with van der Waals surface area (Å²) in [6.07, 6.45) is 0. The molecule has 1 aromatic heterocycles. The molecule has 0 saturated carbocycles. The van der Waals surface area contributed by atoms with Crippen LogP contribution in [-0.4, -0.2) is 49.5 Å². The zero-order valence-electron chi connectivity index (χ0n) is 16.2. The number of fused-ring (bicyclic) bond motifs is 1. The van der Waals surface area contributed by atoms with Crippen LogP contribution in [0.5, 0.6) is 0 Å². The van der Waals surface area contributed by atoms with E-state index in [-0.39, 0.29) is 17.3 Å². The predicted molar refractivity (Wildman–Crippen MR) is 111 cm³/mol. The highest BCUT2D eigenvalue weighted by atomic mass is 32.2. The Balaban J connectivity index is 1.52. The lowest BCUT2D eigenvalue weighted by Crippen LogP contribution is -2.40. The fourth-order valence-corrected chi connectivity index (χ4v) is 5.03. The van der Waals surface area contributed by atoms with E-state index in [4.69, 9.17) is 4.74 Å². The SMILES string of the molecule is Cc1cc2ccccc2n1CC(=O)Nc1cccc(S(=O)(=O)N2CCOCC2)c1. The topological polar surface area (TPSA) is 80.6 Å². The number of carbonyl (C=O) groups excluding carboxylic acids is 1. The van der Waals surface area contributed by atoms with Gasteiger partial charge in [-0.2, -0.15) is 4.31 Å². The first kappa shape index (κ1) is 19.6. The van der Waals surface area contributed by atoms with Crippen molar-refractivity contribution in [2.24, 2.45) is 0 Å². The van der Waals surface area contributed by atoms with Gasteiger partial charge in [0.1, 0.15) is 6.54 Å². The van der Waals surface area contributed by atoms with Gasteiger partial charge < -0.3 is 14.6 Å². The molecule has 7 nitrogen and oxygen atoms in total. The summed E-state index contributed by atoms with van der Waals surface area (Å²) >= 11 is 0. The molecule has 0 aliphatic carbocycles.